The first-order valence-corrected chi connectivity index (χ1v) is 20.3. The van der Waals surface area contributed by atoms with Crippen LogP contribution in [0.1, 0.15) is 25.0 Å². The Bertz CT molecular complexity index is 3140. The van der Waals surface area contributed by atoms with Gasteiger partial charge in [-0.15, -0.1) is 0 Å². The van der Waals surface area contributed by atoms with E-state index in [1.807, 2.05) is 0 Å². The van der Waals surface area contributed by atoms with Crippen molar-refractivity contribution >= 4 is 21.5 Å². The molecule has 59 heavy (non-hydrogen) atoms. The molecule has 3 nitrogen and oxygen atoms in total. The van der Waals surface area contributed by atoms with Crippen LogP contribution in [0.5, 0.6) is 0 Å². The maximum absolute atomic E-state index is 5.50. The van der Waals surface area contributed by atoms with Crippen molar-refractivity contribution in [2.75, 3.05) is 0 Å². The summed E-state index contributed by atoms with van der Waals surface area (Å²) in [6.45, 7) is 4.69. The zero-order valence-corrected chi connectivity index (χ0v) is 32.9. The smallest absolute Gasteiger partial charge is 0.165 e. The summed E-state index contributed by atoms with van der Waals surface area (Å²) < 4.78 is 0. The van der Waals surface area contributed by atoms with Gasteiger partial charge in [-0.1, -0.05) is 202 Å². The molecule has 1 heterocycles. The third kappa shape index (κ3) is 5.77. The van der Waals surface area contributed by atoms with E-state index in [-0.39, 0.29) is 5.41 Å². The van der Waals surface area contributed by atoms with Crippen LogP contribution < -0.4 is 0 Å². The van der Waals surface area contributed by atoms with Crippen molar-refractivity contribution in [3.05, 3.63) is 211 Å². The van der Waals surface area contributed by atoms with Gasteiger partial charge in [-0.3, -0.25) is 0 Å². The first kappa shape index (κ1) is 34.7. The summed E-state index contributed by atoms with van der Waals surface area (Å²) in [7, 11) is 0. The largest absolute Gasteiger partial charge is 0.208 e. The van der Waals surface area contributed by atoms with Gasteiger partial charge in [0.05, 0.1) is 0 Å². The SMILES string of the molecule is CC1(C)c2ccccc2-c2c(-c3c(-c4nc(-c5cccc(-c6ccccc6)c5)nc(-c5cccc(-c6ccccc6)c5)n4)c4ccccc4c4ccccc34)cccc21. The van der Waals surface area contributed by atoms with E-state index in [1.54, 1.807) is 0 Å². The number of rotatable bonds is 6. The van der Waals surface area contributed by atoms with Crippen molar-refractivity contribution in [3.8, 4) is 78.7 Å². The molecule has 0 bridgehead atoms. The number of hydrogen-bond donors (Lipinski definition) is 0. The standard InChI is InChI=1S/C56H39N3/c1-56(2)48-32-14-13-30-46(48)50-47(31-17-33-49(50)56)51-44-28-11-9-26-42(44)43-27-10-12-29-45(43)52(51)55-58-53(40-24-15-22-38(34-40)36-18-5-3-6-19-36)57-54(59-55)41-25-16-23-39(35-41)37-20-7-4-8-21-37/h3-35H,1-2H3. The second-order valence-corrected chi connectivity index (χ2v) is 15.9. The molecule has 11 rings (SSSR count). The third-order valence-corrected chi connectivity index (χ3v) is 12.1. The summed E-state index contributed by atoms with van der Waals surface area (Å²) in [5, 5.41) is 4.63. The minimum Gasteiger partial charge on any atom is -0.208 e. The van der Waals surface area contributed by atoms with Gasteiger partial charge in [-0.25, -0.2) is 15.0 Å². The number of fused-ring (bicyclic) bond motifs is 6. The molecular weight excluding hydrogens is 715 g/mol. The lowest BCUT2D eigenvalue weighted by molar-refractivity contribution is 0.660. The summed E-state index contributed by atoms with van der Waals surface area (Å²) in [6.07, 6.45) is 0. The minimum absolute atomic E-state index is 0.157. The molecule has 0 aliphatic heterocycles. The Morgan fingerprint density at radius 2 is 0.695 bits per heavy atom. The lowest BCUT2D eigenvalue weighted by Crippen LogP contribution is -2.14. The second kappa shape index (κ2) is 13.9. The quantitative estimate of drug-likeness (QED) is 0.159. The molecule has 3 heteroatoms. The zero-order chi connectivity index (χ0) is 39.5. The highest BCUT2D eigenvalue weighted by Crippen LogP contribution is 2.55. The van der Waals surface area contributed by atoms with E-state index < -0.39 is 0 Å². The van der Waals surface area contributed by atoms with Gasteiger partial charge in [0.15, 0.2) is 17.5 Å². The van der Waals surface area contributed by atoms with Crippen LogP contribution >= 0.6 is 0 Å². The van der Waals surface area contributed by atoms with Crippen molar-refractivity contribution in [3.63, 3.8) is 0 Å². The summed E-state index contributed by atoms with van der Waals surface area (Å²) in [6, 6.07) is 71.3. The van der Waals surface area contributed by atoms with Crippen molar-refractivity contribution in [1.82, 2.24) is 15.0 Å². The van der Waals surface area contributed by atoms with Crippen molar-refractivity contribution in [2.45, 2.75) is 19.3 Å². The average molecular weight is 754 g/mol. The van der Waals surface area contributed by atoms with Gasteiger partial charge in [-0.2, -0.15) is 0 Å². The van der Waals surface area contributed by atoms with E-state index >= 15 is 0 Å². The lowest BCUT2D eigenvalue weighted by Gasteiger charge is -2.23. The number of hydrogen-bond acceptors (Lipinski definition) is 3. The van der Waals surface area contributed by atoms with Crippen LogP contribution in [0, 0.1) is 0 Å². The molecule has 0 amide bonds. The van der Waals surface area contributed by atoms with Gasteiger partial charge >= 0.3 is 0 Å². The fourth-order valence-electron chi connectivity index (χ4n) is 9.30. The van der Waals surface area contributed by atoms with Gasteiger partial charge in [0.25, 0.3) is 0 Å². The van der Waals surface area contributed by atoms with Crippen LogP contribution in [-0.4, -0.2) is 15.0 Å². The maximum Gasteiger partial charge on any atom is 0.165 e. The average Bonchev–Trinajstić information content (AvgIpc) is 3.55. The predicted molar refractivity (Wildman–Crippen MR) is 245 cm³/mol. The lowest BCUT2D eigenvalue weighted by atomic mass is 9.81. The highest BCUT2D eigenvalue weighted by atomic mass is 15.0. The molecule has 0 saturated carbocycles. The highest BCUT2D eigenvalue weighted by Gasteiger charge is 2.37. The Morgan fingerprint density at radius 1 is 0.288 bits per heavy atom. The predicted octanol–water partition coefficient (Wildman–Crippen LogP) is 14.5. The molecule has 1 aliphatic rings. The number of benzene rings is 9. The molecule has 0 fully saturated rings. The Balaban J connectivity index is 1.24. The van der Waals surface area contributed by atoms with Crippen LogP contribution in [-0.2, 0) is 5.41 Å². The molecule has 278 valence electrons. The number of nitrogens with zero attached hydrogens (tertiary/aromatic N) is 3. The molecule has 9 aromatic carbocycles. The van der Waals surface area contributed by atoms with Gasteiger partial charge in [0, 0.05) is 27.7 Å². The molecule has 0 saturated heterocycles. The number of aromatic nitrogens is 3. The van der Waals surface area contributed by atoms with Crippen molar-refractivity contribution in [1.29, 1.82) is 0 Å². The minimum atomic E-state index is -0.157. The zero-order valence-electron chi connectivity index (χ0n) is 32.9. The van der Waals surface area contributed by atoms with Crippen molar-refractivity contribution < 1.29 is 0 Å². The molecule has 0 radical (unpaired) electrons. The summed E-state index contributed by atoms with van der Waals surface area (Å²) in [4.78, 5) is 16.3. The summed E-state index contributed by atoms with van der Waals surface area (Å²) >= 11 is 0. The monoisotopic (exact) mass is 753 g/mol. The first-order chi connectivity index (χ1) is 29.0. The Labute approximate surface area is 344 Å². The third-order valence-electron chi connectivity index (χ3n) is 12.1. The van der Waals surface area contributed by atoms with E-state index in [2.05, 4.69) is 214 Å². The van der Waals surface area contributed by atoms with E-state index in [9.17, 15) is 0 Å². The fraction of sp³-hybridized carbons (Fsp3) is 0.0536. The van der Waals surface area contributed by atoms with Crippen molar-refractivity contribution in [2.24, 2.45) is 0 Å². The van der Waals surface area contributed by atoms with E-state index in [0.29, 0.717) is 17.5 Å². The van der Waals surface area contributed by atoms with Crippen LogP contribution in [0.4, 0.5) is 0 Å². The van der Waals surface area contributed by atoms with E-state index in [1.165, 1.54) is 33.2 Å². The normalized spacial score (nSPS) is 12.7. The topological polar surface area (TPSA) is 38.7 Å². The molecule has 1 aliphatic carbocycles. The van der Waals surface area contributed by atoms with Crippen LogP contribution in [0.3, 0.4) is 0 Å². The van der Waals surface area contributed by atoms with Gasteiger partial charge in [-0.05, 0) is 83.7 Å². The molecule has 1 aromatic heterocycles. The molecule has 0 atom stereocenters. The van der Waals surface area contributed by atoms with Crippen LogP contribution in [0.15, 0.2) is 200 Å². The Morgan fingerprint density at radius 3 is 1.29 bits per heavy atom. The fourth-order valence-corrected chi connectivity index (χ4v) is 9.30. The second-order valence-electron chi connectivity index (χ2n) is 15.9. The maximum atomic E-state index is 5.50. The molecule has 0 N–H and O–H groups in total. The highest BCUT2D eigenvalue weighted by molar-refractivity contribution is 6.22. The van der Waals surface area contributed by atoms with Crippen LogP contribution in [0.25, 0.3) is 100 Å². The van der Waals surface area contributed by atoms with Gasteiger partial charge in [0.2, 0.25) is 0 Å². The Kier molecular flexibility index (Phi) is 8.16. The molecule has 0 spiro atoms. The van der Waals surface area contributed by atoms with E-state index in [4.69, 9.17) is 15.0 Å². The van der Waals surface area contributed by atoms with E-state index in [0.717, 1.165) is 60.7 Å². The molecule has 10 aromatic rings. The Hall–Kier alpha value is -7.49. The molecule has 0 unspecified atom stereocenters. The summed E-state index contributed by atoms with van der Waals surface area (Å²) in [5.41, 5.74) is 14.7. The first-order valence-electron chi connectivity index (χ1n) is 20.3. The van der Waals surface area contributed by atoms with Gasteiger partial charge in [0.1, 0.15) is 0 Å². The van der Waals surface area contributed by atoms with Crippen LogP contribution in [0.2, 0.25) is 0 Å². The summed E-state index contributed by atoms with van der Waals surface area (Å²) in [5.74, 6) is 1.89. The van der Waals surface area contributed by atoms with Gasteiger partial charge < -0.3 is 0 Å². The molecular formula is C56H39N3.